The Bertz CT molecular complexity index is 984. The van der Waals surface area contributed by atoms with E-state index in [1.807, 2.05) is 31.2 Å². The Morgan fingerprint density at radius 3 is 2.69 bits per heavy atom. The van der Waals surface area contributed by atoms with Crippen LogP contribution in [-0.2, 0) is 11.3 Å². The van der Waals surface area contributed by atoms with Crippen molar-refractivity contribution in [3.05, 3.63) is 64.4 Å². The number of carbonyl (C=O) groups is 1. The second-order valence-electron chi connectivity index (χ2n) is 6.00. The molecule has 0 aliphatic carbocycles. The van der Waals surface area contributed by atoms with Crippen LogP contribution < -0.4 is 10.3 Å². The highest BCUT2D eigenvalue weighted by Gasteiger charge is 2.13. The fourth-order valence-corrected chi connectivity index (χ4v) is 2.51. The number of fused-ring (bicyclic) bond motifs is 1. The van der Waals surface area contributed by atoms with Crippen LogP contribution in [0, 0.1) is 6.92 Å². The van der Waals surface area contributed by atoms with Gasteiger partial charge in [-0.05, 0) is 30.7 Å². The molecule has 0 aliphatic rings. The van der Waals surface area contributed by atoms with E-state index in [2.05, 4.69) is 10.3 Å². The van der Waals surface area contributed by atoms with Gasteiger partial charge in [-0.25, -0.2) is 4.68 Å². The first-order valence-corrected chi connectivity index (χ1v) is 8.31. The number of likely N-dealkylation sites (N-methyl/N-ethyl adjacent to an activating group) is 1. The summed E-state index contributed by atoms with van der Waals surface area (Å²) in [6, 6.07) is 14.6. The maximum Gasteiger partial charge on any atom is 0.278 e. The van der Waals surface area contributed by atoms with E-state index in [9.17, 15) is 9.59 Å². The van der Waals surface area contributed by atoms with Gasteiger partial charge >= 0.3 is 0 Å². The molecule has 0 saturated heterocycles. The second kappa shape index (κ2) is 7.77. The van der Waals surface area contributed by atoms with Crippen LogP contribution in [0.4, 0.5) is 0 Å². The fourth-order valence-electron chi connectivity index (χ4n) is 2.51. The van der Waals surface area contributed by atoms with Crippen molar-refractivity contribution in [3.8, 4) is 5.75 Å². The zero-order chi connectivity index (χ0) is 18.5. The molecule has 0 aliphatic heterocycles. The van der Waals surface area contributed by atoms with Crippen molar-refractivity contribution in [3.63, 3.8) is 0 Å². The van der Waals surface area contributed by atoms with Crippen LogP contribution in [0.5, 0.6) is 5.75 Å². The predicted octanol–water partition coefficient (Wildman–Crippen LogP) is 1.64. The fraction of sp³-hybridized carbons (Fsp3) is 0.263. The number of carbonyl (C=O) groups excluding carboxylic acids is 1. The Morgan fingerprint density at radius 1 is 1.15 bits per heavy atom. The molecule has 0 unspecified atom stereocenters. The summed E-state index contributed by atoms with van der Waals surface area (Å²) in [4.78, 5) is 26.3. The highest BCUT2D eigenvalue weighted by molar-refractivity contribution is 5.78. The van der Waals surface area contributed by atoms with E-state index < -0.39 is 0 Å². The molecule has 1 heterocycles. The van der Waals surface area contributed by atoms with E-state index in [-0.39, 0.29) is 18.0 Å². The van der Waals surface area contributed by atoms with Crippen molar-refractivity contribution in [2.24, 2.45) is 0 Å². The molecule has 1 amide bonds. The van der Waals surface area contributed by atoms with Gasteiger partial charge in [0.1, 0.15) is 24.4 Å². The normalized spacial score (nSPS) is 10.7. The molecule has 1 aromatic heterocycles. The molecule has 0 atom stereocenters. The van der Waals surface area contributed by atoms with Crippen LogP contribution in [0.25, 0.3) is 10.9 Å². The van der Waals surface area contributed by atoms with Gasteiger partial charge in [0.25, 0.3) is 5.56 Å². The molecule has 0 radical (unpaired) electrons. The Balaban J connectivity index is 1.60. The number of amides is 1. The number of aromatic nitrogens is 3. The summed E-state index contributed by atoms with van der Waals surface area (Å²) < 4.78 is 6.79. The van der Waals surface area contributed by atoms with E-state index >= 15 is 0 Å². The number of nitrogens with zero attached hydrogens (tertiary/aromatic N) is 4. The number of benzene rings is 2. The summed E-state index contributed by atoms with van der Waals surface area (Å²) in [5.41, 5.74) is 1.23. The first-order valence-electron chi connectivity index (χ1n) is 8.31. The smallest absolute Gasteiger partial charge is 0.278 e. The Hall–Kier alpha value is -3.22. The molecule has 7 nitrogen and oxygen atoms in total. The Kier molecular flexibility index (Phi) is 5.26. The van der Waals surface area contributed by atoms with Gasteiger partial charge < -0.3 is 9.64 Å². The molecular formula is C19H20N4O3. The molecule has 26 heavy (non-hydrogen) atoms. The third kappa shape index (κ3) is 3.88. The molecule has 2 aromatic carbocycles. The Labute approximate surface area is 150 Å². The van der Waals surface area contributed by atoms with Gasteiger partial charge in [-0.2, -0.15) is 0 Å². The van der Waals surface area contributed by atoms with Gasteiger partial charge in [-0.3, -0.25) is 9.59 Å². The molecule has 3 rings (SSSR count). The van der Waals surface area contributed by atoms with Crippen molar-refractivity contribution in [1.82, 2.24) is 19.9 Å². The van der Waals surface area contributed by atoms with Crippen molar-refractivity contribution in [2.75, 3.05) is 20.2 Å². The standard InChI is InChI=1S/C19H20N4O3/c1-14-7-3-6-10-17(14)26-12-11-22(2)18(24)13-23-19(25)15-8-4-5-9-16(15)20-21-23/h3-10H,11-13H2,1-2H3. The molecule has 134 valence electrons. The number of hydrogen-bond donors (Lipinski definition) is 0. The highest BCUT2D eigenvalue weighted by Crippen LogP contribution is 2.15. The molecule has 0 saturated carbocycles. The van der Waals surface area contributed by atoms with Crippen LogP contribution in [0.3, 0.4) is 0 Å². The van der Waals surface area contributed by atoms with Gasteiger partial charge in [0.15, 0.2) is 0 Å². The van der Waals surface area contributed by atoms with Crippen molar-refractivity contribution in [2.45, 2.75) is 13.5 Å². The van der Waals surface area contributed by atoms with Gasteiger partial charge in [-0.15, -0.1) is 5.10 Å². The maximum absolute atomic E-state index is 12.4. The van der Waals surface area contributed by atoms with Crippen molar-refractivity contribution < 1.29 is 9.53 Å². The summed E-state index contributed by atoms with van der Waals surface area (Å²) in [6.07, 6.45) is 0. The summed E-state index contributed by atoms with van der Waals surface area (Å²) in [6.45, 7) is 2.58. The summed E-state index contributed by atoms with van der Waals surface area (Å²) in [7, 11) is 1.67. The number of hydrogen-bond acceptors (Lipinski definition) is 5. The van der Waals surface area contributed by atoms with E-state index in [4.69, 9.17) is 4.74 Å². The van der Waals surface area contributed by atoms with Gasteiger partial charge in [-0.1, -0.05) is 35.5 Å². The molecule has 0 spiro atoms. The summed E-state index contributed by atoms with van der Waals surface area (Å²) >= 11 is 0. The molecule has 3 aromatic rings. The molecule has 0 N–H and O–H groups in total. The van der Waals surface area contributed by atoms with Crippen molar-refractivity contribution in [1.29, 1.82) is 0 Å². The SMILES string of the molecule is Cc1ccccc1OCCN(C)C(=O)Cn1nnc2ccccc2c1=O. The van der Waals surface area contributed by atoms with Crippen LogP contribution in [-0.4, -0.2) is 46.0 Å². The van der Waals surface area contributed by atoms with E-state index in [0.29, 0.717) is 24.1 Å². The molecule has 0 bridgehead atoms. The van der Waals surface area contributed by atoms with Crippen LogP contribution >= 0.6 is 0 Å². The third-order valence-corrected chi connectivity index (χ3v) is 4.12. The first kappa shape index (κ1) is 17.6. The minimum atomic E-state index is -0.325. The van der Waals surface area contributed by atoms with Gasteiger partial charge in [0, 0.05) is 7.05 Å². The van der Waals surface area contributed by atoms with E-state index in [1.54, 1.807) is 31.3 Å². The molecular weight excluding hydrogens is 332 g/mol. The number of para-hydroxylation sites is 1. The van der Waals surface area contributed by atoms with E-state index in [1.165, 1.54) is 4.90 Å². The topological polar surface area (TPSA) is 77.3 Å². The number of rotatable bonds is 6. The van der Waals surface area contributed by atoms with Crippen LogP contribution in [0.2, 0.25) is 0 Å². The lowest BCUT2D eigenvalue weighted by molar-refractivity contribution is -0.131. The summed E-state index contributed by atoms with van der Waals surface area (Å²) in [5, 5.41) is 8.27. The minimum absolute atomic E-state index is 0.155. The van der Waals surface area contributed by atoms with Gasteiger partial charge in [0.2, 0.25) is 5.91 Å². The largest absolute Gasteiger partial charge is 0.491 e. The highest BCUT2D eigenvalue weighted by atomic mass is 16.5. The molecule has 7 heteroatoms. The molecule has 0 fully saturated rings. The second-order valence-corrected chi connectivity index (χ2v) is 6.00. The average Bonchev–Trinajstić information content (AvgIpc) is 2.65. The number of aryl methyl sites for hydroxylation is 1. The third-order valence-electron chi connectivity index (χ3n) is 4.12. The lowest BCUT2D eigenvalue weighted by Crippen LogP contribution is -2.37. The van der Waals surface area contributed by atoms with Crippen molar-refractivity contribution >= 4 is 16.8 Å². The zero-order valence-corrected chi connectivity index (χ0v) is 14.8. The van der Waals surface area contributed by atoms with Crippen LogP contribution in [0.1, 0.15) is 5.56 Å². The monoisotopic (exact) mass is 352 g/mol. The summed E-state index contributed by atoms with van der Waals surface area (Å²) in [5.74, 6) is 0.565. The quantitative estimate of drug-likeness (QED) is 0.674. The predicted molar refractivity (Wildman–Crippen MR) is 98.1 cm³/mol. The first-order chi connectivity index (χ1) is 12.6. The number of ether oxygens (including phenoxy) is 1. The lowest BCUT2D eigenvalue weighted by atomic mass is 10.2. The average molecular weight is 352 g/mol. The lowest BCUT2D eigenvalue weighted by Gasteiger charge is -2.18. The van der Waals surface area contributed by atoms with Gasteiger partial charge in [0.05, 0.1) is 11.9 Å². The van der Waals surface area contributed by atoms with Crippen LogP contribution in [0.15, 0.2) is 53.3 Å². The Morgan fingerprint density at radius 2 is 1.88 bits per heavy atom. The van der Waals surface area contributed by atoms with E-state index in [0.717, 1.165) is 16.0 Å². The maximum atomic E-state index is 12.4. The minimum Gasteiger partial charge on any atom is -0.491 e. The zero-order valence-electron chi connectivity index (χ0n) is 14.8.